The number of benzene rings is 1. The lowest BCUT2D eigenvalue weighted by Gasteiger charge is -2.30. The van der Waals surface area contributed by atoms with Crippen LogP contribution in [0.5, 0.6) is 5.75 Å². The summed E-state index contributed by atoms with van der Waals surface area (Å²) in [6.07, 6.45) is 1.97. The summed E-state index contributed by atoms with van der Waals surface area (Å²) in [5.74, 6) is -7.26. The van der Waals surface area contributed by atoms with Gasteiger partial charge in [-0.25, -0.2) is 8.78 Å². The summed E-state index contributed by atoms with van der Waals surface area (Å²) in [6.45, 7) is 2.83. The van der Waals surface area contributed by atoms with Gasteiger partial charge in [0.1, 0.15) is 12.4 Å². The molecule has 1 saturated heterocycles. The molecule has 3 rings (SSSR count). The first-order chi connectivity index (χ1) is 12.4. The van der Waals surface area contributed by atoms with Crippen molar-refractivity contribution in [2.75, 3.05) is 13.1 Å². The van der Waals surface area contributed by atoms with E-state index in [0.717, 1.165) is 12.8 Å². The van der Waals surface area contributed by atoms with E-state index in [9.17, 15) is 22.4 Å². The molecule has 140 valence electrons. The molecule has 0 N–H and O–H groups in total. The molecule has 2 heterocycles. The van der Waals surface area contributed by atoms with Gasteiger partial charge in [0.25, 0.3) is 5.91 Å². The summed E-state index contributed by atoms with van der Waals surface area (Å²) in [5, 5.41) is 0. The minimum absolute atomic E-state index is 0.0732. The molecule has 1 aromatic heterocycles. The van der Waals surface area contributed by atoms with Crippen molar-refractivity contribution in [2.45, 2.75) is 26.4 Å². The number of likely N-dealkylation sites (tertiary alicyclic amines) is 1. The van der Waals surface area contributed by atoms with Crippen molar-refractivity contribution in [1.29, 1.82) is 0 Å². The first kappa shape index (κ1) is 18.3. The Morgan fingerprint density at radius 3 is 2.58 bits per heavy atom. The monoisotopic (exact) mass is 371 g/mol. The molecule has 0 radical (unpaired) electrons. The zero-order chi connectivity index (χ0) is 18.8. The van der Waals surface area contributed by atoms with Gasteiger partial charge in [0.05, 0.1) is 0 Å². The fourth-order valence-corrected chi connectivity index (χ4v) is 2.92. The maximum atomic E-state index is 13.6. The molecule has 2 aromatic rings. The van der Waals surface area contributed by atoms with E-state index in [1.54, 1.807) is 4.90 Å². The van der Waals surface area contributed by atoms with Crippen molar-refractivity contribution in [3.8, 4) is 5.75 Å². The third-order valence-corrected chi connectivity index (χ3v) is 4.25. The van der Waals surface area contributed by atoms with E-state index in [1.165, 1.54) is 12.1 Å². The van der Waals surface area contributed by atoms with Gasteiger partial charge in [-0.1, -0.05) is 6.92 Å². The van der Waals surface area contributed by atoms with E-state index in [1.807, 2.05) is 0 Å². The number of amides is 1. The van der Waals surface area contributed by atoms with Crippen LogP contribution in [0.4, 0.5) is 17.6 Å². The molecule has 0 bridgehead atoms. The van der Waals surface area contributed by atoms with Crippen molar-refractivity contribution in [3.63, 3.8) is 0 Å². The highest BCUT2D eigenvalue weighted by atomic mass is 19.2. The van der Waals surface area contributed by atoms with Crippen LogP contribution in [0, 0.1) is 29.2 Å². The Bertz CT molecular complexity index is 795. The van der Waals surface area contributed by atoms with Crippen LogP contribution in [0.1, 0.15) is 36.1 Å². The van der Waals surface area contributed by atoms with Gasteiger partial charge in [-0.05, 0) is 30.9 Å². The third-order valence-electron chi connectivity index (χ3n) is 4.25. The molecule has 1 aliphatic rings. The second-order valence-corrected chi connectivity index (χ2v) is 6.35. The van der Waals surface area contributed by atoms with E-state index in [2.05, 4.69) is 6.92 Å². The van der Waals surface area contributed by atoms with Crippen LogP contribution in [0.25, 0.3) is 0 Å². The number of hydrogen-bond acceptors (Lipinski definition) is 3. The quantitative estimate of drug-likeness (QED) is 0.595. The average Bonchev–Trinajstić information content (AvgIpc) is 3.08. The molecule has 8 heteroatoms. The molecule has 1 amide bonds. The summed E-state index contributed by atoms with van der Waals surface area (Å²) in [5.41, 5.74) is 0. The Morgan fingerprint density at radius 1 is 1.23 bits per heavy atom. The van der Waals surface area contributed by atoms with Gasteiger partial charge >= 0.3 is 0 Å². The number of halogens is 4. The lowest BCUT2D eigenvalue weighted by Crippen LogP contribution is -2.38. The summed E-state index contributed by atoms with van der Waals surface area (Å²) in [4.78, 5) is 14.1. The summed E-state index contributed by atoms with van der Waals surface area (Å²) in [7, 11) is 0. The Labute approximate surface area is 147 Å². The summed E-state index contributed by atoms with van der Waals surface area (Å²) >= 11 is 0. The van der Waals surface area contributed by atoms with E-state index in [0.29, 0.717) is 19.0 Å². The Kier molecular flexibility index (Phi) is 5.20. The van der Waals surface area contributed by atoms with Crippen LogP contribution in [-0.2, 0) is 6.61 Å². The Hall–Kier alpha value is -2.51. The molecular weight excluding hydrogens is 354 g/mol. The number of rotatable bonds is 4. The van der Waals surface area contributed by atoms with Crippen molar-refractivity contribution in [1.82, 2.24) is 4.90 Å². The van der Waals surface area contributed by atoms with Crippen molar-refractivity contribution < 1.29 is 31.5 Å². The molecule has 0 unspecified atom stereocenters. The number of hydrogen-bond donors (Lipinski definition) is 0. The number of ether oxygens (including phenoxy) is 1. The zero-order valence-electron chi connectivity index (χ0n) is 14.0. The molecule has 0 saturated carbocycles. The van der Waals surface area contributed by atoms with Gasteiger partial charge in [-0.2, -0.15) is 8.78 Å². The minimum atomic E-state index is -1.63. The first-order valence-corrected chi connectivity index (χ1v) is 8.20. The maximum Gasteiger partial charge on any atom is 0.289 e. The Balaban J connectivity index is 1.69. The fraction of sp³-hybridized carbons (Fsp3) is 0.389. The molecule has 1 aromatic carbocycles. The van der Waals surface area contributed by atoms with Gasteiger partial charge in [0.2, 0.25) is 11.6 Å². The largest absolute Gasteiger partial charge is 0.479 e. The highest BCUT2D eigenvalue weighted by molar-refractivity contribution is 5.91. The van der Waals surface area contributed by atoms with E-state index >= 15 is 0 Å². The van der Waals surface area contributed by atoms with Gasteiger partial charge < -0.3 is 14.1 Å². The molecule has 1 fully saturated rings. The van der Waals surface area contributed by atoms with Crippen LogP contribution in [-0.4, -0.2) is 23.9 Å². The average molecular weight is 371 g/mol. The molecule has 4 nitrogen and oxygen atoms in total. The normalized spacial score (nSPS) is 17.4. The van der Waals surface area contributed by atoms with E-state index in [-0.39, 0.29) is 23.5 Å². The Morgan fingerprint density at radius 2 is 1.92 bits per heavy atom. The standard InChI is InChI=1S/C18H17F4NO3/c1-10-3-2-6-23(8-10)18(24)14-5-4-11(26-14)9-25-17-15(21)12(19)7-13(20)16(17)22/h4-5,7,10H,2-3,6,8-9H2,1H3/t10-/m1/s1. The lowest BCUT2D eigenvalue weighted by atomic mass is 10.0. The SMILES string of the molecule is C[C@@H]1CCCN(C(=O)c2ccc(COc3c(F)c(F)cc(F)c3F)o2)C1. The molecule has 1 atom stereocenters. The number of piperidine rings is 1. The van der Waals surface area contributed by atoms with Crippen LogP contribution in [0.15, 0.2) is 22.6 Å². The molecule has 1 aliphatic heterocycles. The highest BCUT2D eigenvalue weighted by Gasteiger charge is 2.25. The second kappa shape index (κ2) is 7.39. The van der Waals surface area contributed by atoms with E-state index < -0.39 is 35.6 Å². The van der Waals surface area contributed by atoms with Crippen LogP contribution < -0.4 is 4.74 Å². The topological polar surface area (TPSA) is 42.7 Å². The first-order valence-electron chi connectivity index (χ1n) is 8.20. The predicted octanol–water partition coefficient (Wildman–Crippen LogP) is 4.29. The molecule has 0 spiro atoms. The van der Waals surface area contributed by atoms with Crippen LogP contribution in [0.3, 0.4) is 0 Å². The predicted molar refractivity (Wildman–Crippen MR) is 83.6 cm³/mol. The van der Waals surface area contributed by atoms with E-state index in [4.69, 9.17) is 9.15 Å². The fourth-order valence-electron chi connectivity index (χ4n) is 2.92. The number of carbonyl (C=O) groups excluding carboxylic acids is 1. The van der Waals surface area contributed by atoms with Crippen LogP contribution in [0.2, 0.25) is 0 Å². The van der Waals surface area contributed by atoms with Gasteiger partial charge in [0.15, 0.2) is 23.1 Å². The molecular formula is C18H17F4NO3. The second-order valence-electron chi connectivity index (χ2n) is 6.35. The molecule has 26 heavy (non-hydrogen) atoms. The van der Waals surface area contributed by atoms with Crippen molar-refractivity contribution >= 4 is 5.91 Å². The van der Waals surface area contributed by atoms with Crippen molar-refractivity contribution in [2.24, 2.45) is 5.92 Å². The number of nitrogens with zero attached hydrogens (tertiary/aromatic N) is 1. The number of furan rings is 1. The van der Waals surface area contributed by atoms with Gasteiger partial charge in [-0.3, -0.25) is 4.79 Å². The lowest BCUT2D eigenvalue weighted by molar-refractivity contribution is 0.0646. The van der Waals surface area contributed by atoms with Gasteiger partial charge in [0, 0.05) is 19.2 Å². The smallest absolute Gasteiger partial charge is 0.289 e. The summed E-state index contributed by atoms with van der Waals surface area (Å²) < 4.78 is 63.6. The zero-order valence-corrected chi connectivity index (χ0v) is 14.0. The maximum absolute atomic E-state index is 13.6. The summed E-state index contributed by atoms with van der Waals surface area (Å²) in [6, 6.07) is 2.94. The third kappa shape index (κ3) is 3.68. The highest BCUT2D eigenvalue weighted by Crippen LogP contribution is 2.27. The number of carbonyl (C=O) groups is 1. The van der Waals surface area contributed by atoms with Crippen molar-refractivity contribution in [3.05, 3.63) is 53.0 Å². The minimum Gasteiger partial charge on any atom is -0.479 e. The van der Waals surface area contributed by atoms with Crippen LogP contribution >= 0.6 is 0 Å². The molecule has 0 aliphatic carbocycles. The van der Waals surface area contributed by atoms with Gasteiger partial charge in [-0.15, -0.1) is 0 Å².